The second kappa shape index (κ2) is 8.56. The van der Waals surface area contributed by atoms with Gasteiger partial charge in [0.05, 0.1) is 17.2 Å². The zero-order valence-electron chi connectivity index (χ0n) is 21.5. The number of ether oxygens (including phenoxy) is 1. The minimum Gasteiger partial charge on any atom is -0.374 e. The Bertz CT molecular complexity index is 1280. The van der Waals surface area contributed by atoms with E-state index in [0.717, 1.165) is 31.2 Å². The van der Waals surface area contributed by atoms with Gasteiger partial charge in [0.15, 0.2) is 5.78 Å². The summed E-state index contributed by atoms with van der Waals surface area (Å²) in [5.41, 5.74) is 5.60. The third-order valence-electron chi connectivity index (χ3n) is 10.4. The number of nitriles is 1. The van der Waals surface area contributed by atoms with Crippen LogP contribution in [0.4, 0.5) is 0 Å². The van der Waals surface area contributed by atoms with E-state index in [9.17, 15) is 4.79 Å². The summed E-state index contributed by atoms with van der Waals surface area (Å²) in [6.45, 7) is 4.72. The molecule has 2 aromatic rings. The fourth-order valence-electron chi connectivity index (χ4n) is 8.26. The summed E-state index contributed by atoms with van der Waals surface area (Å²) in [6, 6.07) is 19.2. The molecule has 4 aliphatic carbocycles. The van der Waals surface area contributed by atoms with Crippen LogP contribution in [0.5, 0.6) is 0 Å². The van der Waals surface area contributed by atoms with Gasteiger partial charge in [-0.15, -0.1) is 0 Å². The summed E-state index contributed by atoms with van der Waals surface area (Å²) in [7, 11) is 1.86. The molecule has 3 nitrogen and oxygen atoms in total. The Morgan fingerprint density at radius 2 is 1.64 bits per heavy atom. The van der Waals surface area contributed by atoms with Gasteiger partial charge in [-0.05, 0) is 97.1 Å². The number of hydrogen-bond acceptors (Lipinski definition) is 3. The highest BCUT2D eigenvalue weighted by Gasteiger charge is 2.62. The molecule has 6 rings (SSSR count). The van der Waals surface area contributed by atoms with Crippen LogP contribution in [0.2, 0.25) is 0 Å². The first kappa shape index (κ1) is 23.4. The van der Waals surface area contributed by atoms with Crippen LogP contribution < -0.4 is 0 Å². The molecular formula is C33H35NO2. The molecule has 0 radical (unpaired) electrons. The molecule has 2 fully saturated rings. The van der Waals surface area contributed by atoms with Crippen molar-refractivity contribution in [2.24, 2.45) is 29.1 Å². The van der Waals surface area contributed by atoms with Gasteiger partial charge in [-0.1, -0.05) is 61.0 Å². The molecule has 0 spiro atoms. The van der Waals surface area contributed by atoms with Gasteiger partial charge >= 0.3 is 0 Å². The molecule has 3 heteroatoms. The molecule has 7 atom stereocenters. The number of fused-ring (bicyclic) bond motifs is 5. The third kappa shape index (κ3) is 3.46. The molecule has 0 amide bonds. The highest BCUT2D eigenvalue weighted by molar-refractivity contribution is 5.91. The van der Waals surface area contributed by atoms with E-state index < -0.39 is 0 Å². The maximum Gasteiger partial charge on any atom is 0.155 e. The van der Waals surface area contributed by atoms with Crippen molar-refractivity contribution in [3.63, 3.8) is 0 Å². The van der Waals surface area contributed by atoms with Gasteiger partial charge in [-0.3, -0.25) is 4.79 Å². The van der Waals surface area contributed by atoms with Crippen LogP contribution >= 0.6 is 0 Å². The SMILES string of the molecule is CO[C@@]1(C)C=C[C@H]2[C@@H]3CCC4=CC(=O)CC[C@@H]4[C@H]3[C@@H](c3ccc(-c4ccc(C#N)cc4)cc3)C[C@@]21C. The van der Waals surface area contributed by atoms with Crippen LogP contribution in [0.3, 0.4) is 0 Å². The Morgan fingerprint density at radius 3 is 2.31 bits per heavy atom. The van der Waals surface area contributed by atoms with Crippen LogP contribution in [0.1, 0.15) is 63.0 Å². The van der Waals surface area contributed by atoms with Crippen LogP contribution in [0.25, 0.3) is 11.1 Å². The predicted molar refractivity (Wildman–Crippen MR) is 142 cm³/mol. The van der Waals surface area contributed by atoms with Gasteiger partial charge in [-0.2, -0.15) is 5.26 Å². The van der Waals surface area contributed by atoms with Gasteiger partial charge in [0.1, 0.15) is 0 Å². The Kier molecular flexibility index (Phi) is 5.58. The van der Waals surface area contributed by atoms with E-state index in [2.05, 4.69) is 56.3 Å². The summed E-state index contributed by atoms with van der Waals surface area (Å²) in [5, 5.41) is 9.13. The van der Waals surface area contributed by atoms with Crippen molar-refractivity contribution in [1.29, 1.82) is 5.26 Å². The van der Waals surface area contributed by atoms with Crippen molar-refractivity contribution in [3.8, 4) is 17.2 Å². The Morgan fingerprint density at radius 1 is 0.944 bits per heavy atom. The minimum absolute atomic E-state index is 0.0467. The zero-order chi connectivity index (χ0) is 25.1. The Balaban J connectivity index is 1.40. The number of benzene rings is 2. The molecule has 0 saturated heterocycles. The van der Waals surface area contributed by atoms with Crippen molar-refractivity contribution >= 4 is 5.78 Å². The van der Waals surface area contributed by atoms with Crippen molar-refractivity contribution in [1.82, 2.24) is 0 Å². The summed E-state index contributed by atoms with van der Waals surface area (Å²) >= 11 is 0. The number of ketones is 1. The van der Waals surface area contributed by atoms with Gasteiger partial charge in [-0.25, -0.2) is 0 Å². The van der Waals surface area contributed by atoms with Crippen molar-refractivity contribution in [3.05, 3.63) is 83.5 Å². The summed E-state index contributed by atoms with van der Waals surface area (Å²) in [6.07, 6.45) is 11.8. The lowest BCUT2D eigenvalue weighted by molar-refractivity contribution is -0.123. The first-order valence-electron chi connectivity index (χ1n) is 13.5. The first-order valence-corrected chi connectivity index (χ1v) is 13.5. The van der Waals surface area contributed by atoms with Crippen molar-refractivity contribution in [2.45, 2.75) is 57.5 Å². The number of carbonyl (C=O) groups excluding carboxylic acids is 1. The summed E-state index contributed by atoms with van der Waals surface area (Å²) in [5.74, 6) is 2.94. The third-order valence-corrected chi connectivity index (χ3v) is 10.4. The smallest absolute Gasteiger partial charge is 0.155 e. The molecule has 0 N–H and O–H groups in total. The highest BCUT2D eigenvalue weighted by atomic mass is 16.5. The van der Waals surface area contributed by atoms with E-state index in [4.69, 9.17) is 10.00 Å². The molecule has 0 unspecified atom stereocenters. The molecule has 36 heavy (non-hydrogen) atoms. The van der Waals surface area contributed by atoms with E-state index in [1.165, 1.54) is 16.7 Å². The van der Waals surface area contributed by atoms with E-state index in [1.54, 1.807) is 0 Å². The first-order chi connectivity index (χ1) is 17.4. The average molecular weight is 478 g/mol. The van der Waals surface area contributed by atoms with Crippen LogP contribution in [0, 0.1) is 40.4 Å². The van der Waals surface area contributed by atoms with Gasteiger partial charge in [0.2, 0.25) is 0 Å². The van der Waals surface area contributed by atoms with Gasteiger partial charge < -0.3 is 4.74 Å². The number of carbonyl (C=O) groups is 1. The molecule has 184 valence electrons. The lowest BCUT2D eigenvalue weighted by Gasteiger charge is -2.59. The molecule has 4 aliphatic rings. The summed E-state index contributed by atoms with van der Waals surface area (Å²) in [4.78, 5) is 12.3. The van der Waals surface area contributed by atoms with E-state index in [-0.39, 0.29) is 11.0 Å². The van der Waals surface area contributed by atoms with Gasteiger partial charge in [0, 0.05) is 18.9 Å². The van der Waals surface area contributed by atoms with Crippen LogP contribution in [-0.4, -0.2) is 18.5 Å². The number of hydrogen-bond donors (Lipinski definition) is 0. The van der Waals surface area contributed by atoms with Crippen molar-refractivity contribution < 1.29 is 9.53 Å². The Hall–Kier alpha value is -2.96. The fraction of sp³-hybridized carbons (Fsp3) is 0.455. The molecule has 0 aromatic heterocycles. The topological polar surface area (TPSA) is 50.1 Å². The molecule has 2 saturated carbocycles. The monoisotopic (exact) mass is 477 g/mol. The highest BCUT2D eigenvalue weighted by Crippen LogP contribution is 2.66. The van der Waals surface area contributed by atoms with E-state index in [0.29, 0.717) is 47.4 Å². The van der Waals surface area contributed by atoms with Crippen LogP contribution in [-0.2, 0) is 9.53 Å². The quantitative estimate of drug-likeness (QED) is 0.438. The number of methoxy groups -OCH3 is 1. The molecule has 0 bridgehead atoms. The molecular weight excluding hydrogens is 442 g/mol. The number of rotatable bonds is 3. The largest absolute Gasteiger partial charge is 0.374 e. The lowest BCUT2D eigenvalue weighted by atomic mass is 9.46. The van der Waals surface area contributed by atoms with E-state index in [1.807, 2.05) is 37.5 Å². The normalized spacial score (nSPS) is 36.9. The predicted octanol–water partition coefficient (Wildman–Crippen LogP) is 7.24. The number of nitrogens with zero attached hydrogens (tertiary/aromatic N) is 1. The summed E-state index contributed by atoms with van der Waals surface area (Å²) < 4.78 is 6.19. The molecule has 0 heterocycles. The van der Waals surface area contributed by atoms with Crippen molar-refractivity contribution in [2.75, 3.05) is 7.11 Å². The second-order valence-corrected chi connectivity index (χ2v) is 11.8. The second-order valence-electron chi connectivity index (χ2n) is 11.8. The maximum absolute atomic E-state index is 12.3. The number of allylic oxidation sites excluding steroid dienone is 3. The molecule has 0 aliphatic heterocycles. The molecule has 2 aromatic carbocycles. The van der Waals surface area contributed by atoms with E-state index >= 15 is 0 Å². The lowest BCUT2D eigenvalue weighted by Crippen LogP contribution is -2.55. The minimum atomic E-state index is -0.262. The maximum atomic E-state index is 12.3. The Labute approximate surface area is 214 Å². The van der Waals surface area contributed by atoms with Crippen LogP contribution in [0.15, 0.2) is 72.3 Å². The zero-order valence-corrected chi connectivity index (χ0v) is 21.5. The van der Waals surface area contributed by atoms with Gasteiger partial charge in [0.25, 0.3) is 0 Å². The fourth-order valence-corrected chi connectivity index (χ4v) is 8.26. The average Bonchev–Trinajstić information content (AvgIpc) is 3.18. The standard InChI is InChI=1S/C33H35NO2/c1-32-19-29(24-10-8-23(9-11-24)22-6-4-21(20-34)5-7-22)31-27-15-13-26(35)18-25(27)12-14-28(31)30(32)16-17-33(32,2)36-3/h4-11,16-18,27-31H,12-15,19H2,1-3H3/t27-,28-,29+,30-,31+,32-,33-/m0/s1.